The van der Waals surface area contributed by atoms with Gasteiger partial charge in [0.2, 0.25) is 5.95 Å². The molecule has 7 nitrogen and oxygen atoms in total. The van der Waals surface area contributed by atoms with Crippen molar-refractivity contribution in [3.63, 3.8) is 0 Å². The van der Waals surface area contributed by atoms with Gasteiger partial charge in [-0.25, -0.2) is 15.0 Å². The minimum atomic E-state index is 0.248. The van der Waals surface area contributed by atoms with Gasteiger partial charge in [0.05, 0.1) is 30.2 Å². The van der Waals surface area contributed by atoms with Crippen LogP contribution in [-0.4, -0.2) is 26.4 Å². The van der Waals surface area contributed by atoms with Crippen molar-refractivity contribution in [2.75, 3.05) is 11.9 Å². The summed E-state index contributed by atoms with van der Waals surface area (Å²) in [6.07, 6.45) is 7.67. The standard InChI is InChI=1S/C22H24N6O/c1-2-4-18-8-9-19(29-18)15-28-12-3-5-21(28)20-10-11-24-22(27-20)26-17-7-6-16(13-23)25-14-17/h6-11,14,21H,2-5,12,15H2,1H3,(H,24,26,27). The van der Waals surface area contributed by atoms with Gasteiger partial charge in [-0.1, -0.05) is 6.92 Å². The van der Waals surface area contributed by atoms with E-state index in [0.717, 1.165) is 61.7 Å². The van der Waals surface area contributed by atoms with Crippen LogP contribution in [0.3, 0.4) is 0 Å². The number of nitrogens with one attached hydrogen (secondary N) is 1. The molecule has 0 spiro atoms. The molecule has 1 N–H and O–H groups in total. The molecule has 0 saturated carbocycles. The van der Waals surface area contributed by atoms with Gasteiger partial charge in [0.25, 0.3) is 0 Å². The summed E-state index contributed by atoms with van der Waals surface area (Å²) in [6, 6.07) is 11.9. The quantitative estimate of drug-likeness (QED) is 0.642. The van der Waals surface area contributed by atoms with E-state index in [1.165, 1.54) is 0 Å². The number of aromatic nitrogens is 3. The van der Waals surface area contributed by atoms with E-state index < -0.39 is 0 Å². The highest BCUT2D eigenvalue weighted by atomic mass is 16.3. The molecule has 4 heterocycles. The summed E-state index contributed by atoms with van der Waals surface area (Å²) >= 11 is 0. The van der Waals surface area contributed by atoms with Gasteiger partial charge in [-0.3, -0.25) is 4.90 Å². The maximum Gasteiger partial charge on any atom is 0.227 e. The van der Waals surface area contributed by atoms with Crippen molar-refractivity contribution < 1.29 is 4.42 Å². The summed E-state index contributed by atoms with van der Waals surface area (Å²) in [5, 5.41) is 12.0. The first-order valence-corrected chi connectivity index (χ1v) is 10.0. The second-order valence-corrected chi connectivity index (χ2v) is 7.22. The average Bonchev–Trinajstić information content (AvgIpc) is 3.39. The van der Waals surface area contributed by atoms with Crippen LogP contribution in [0.5, 0.6) is 0 Å². The topological polar surface area (TPSA) is 90.9 Å². The van der Waals surface area contributed by atoms with Crippen LogP contribution in [0.2, 0.25) is 0 Å². The lowest BCUT2D eigenvalue weighted by atomic mass is 10.1. The summed E-state index contributed by atoms with van der Waals surface area (Å²) in [4.78, 5) is 15.6. The smallest absolute Gasteiger partial charge is 0.227 e. The summed E-state index contributed by atoms with van der Waals surface area (Å²) < 4.78 is 5.98. The van der Waals surface area contributed by atoms with Crippen LogP contribution in [-0.2, 0) is 13.0 Å². The number of pyridine rings is 1. The number of hydrogen-bond acceptors (Lipinski definition) is 7. The molecule has 0 aromatic carbocycles. The molecule has 0 aliphatic carbocycles. The number of hydrogen-bond donors (Lipinski definition) is 1. The highest BCUT2D eigenvalue weighted by molar-refractivity contribution is 5.52. The highest BCUT2D eigenvalue weighted by Gasteiger charge is 2.28. The normalized spacial score (nSPS) is 16.6. The van der Waals surface area contributed by atoms with Crippen molar-refractivity contribution in [3.05, 3.63) is 65.6 Å². The van der Waals surface area contributed by atoms with Gasteiger partial charge in [0.15, 0.2) is 0 Å². The molecule has 1 aliphatic rings. The third kappa shape index (κ3) is 4.61. The third-order valence-electron chi connectivity index (χ3n) is 5.09. The fourth-order valence-electron chi connectivity index (χ4n) is 3.72. The van der Waals surface area contributed by atoms with Crippen molar-refractivity contribution in [1.29, 1.82) is 5.26 Å². The van der Waals surface area contributed by atoms with E-state index in [2.05, 4.69) is 39.2 Å². The number of anilines is 2. The number of nitriles is 1. The fourth-order valence-corrected chi connectivity index (χ4v) is 3.72. The van der Waals surface area contributed by atoms with E-state index in [9.17, 15) is 0 Å². The van der Waals surface area contributed by atoms with E-state index in [-0.39, 0.29) is 6.04 Å². The largest absolute Gasteiger partial charge is 0.465 e. The first kappa shape index (κ1) is 19.1. The van der Waals surface area contributed by atoms with Crippen molar-refractivity contribution in [2.45, 2.75) is 45.2 Å². The maximum atomic E-state index is 8.87. The van der Waals surface area contributed by atoms with E-state index in [0.29, 0.717) is 11.6 Å². The lowest BCUT2D eigenvalue weighted by Crippen LogP contribution is -2.23. The Morgan fingerprint density at radius 2 is 2.10 bits per heavy atom. The van der Waals surface area contributed by atoms with Crippen molar-refractivity contribution in [2.24, 2.45) is 0 Å². The van der Waals surface area contributed by atoms with Crippen LogP contribution in [0.1, 0.15) is 55.1 Å². The van der Waals surface area contributed by atoms with Crippen LogP contribution in [0, 0.1) is 11.3 Å². The SMILES string of the molecule is CCCc1ccc(CN2CCCC2c2ccnc(Nc3ccc(C#N)nc3)n2)o1. The van der Waals surface area contributed by atoms with Gasteiger partial charge in [0.1, 0.15) is 23.3 Å². The Bertz CT molecular complexity index is 991. The second-order valence-electron chi connectivity index (χ2n) is 7.22. The molecule has 3 aromatic rings. The fraction of sp³-hybridized carbons (Fsp3) is 0.364. The molecule has 1 saturated heterocycles. The van der Waals surface area contributed by atoms with Crippen LogP contribution in [0.15, 0.2) is 47.1 Å². The molecule has 0 amide bonds. The number of likely N-dealkylation sites (tertiary alicyclic amines) is 1. The Labute approximate surface area is 170 Å². The maximum absolute atomic E-state index is 8.87. The molecular weight excluding hydrogens is 364 g/mol. The van der Waals surface area contributed by atoms with Crippen molar-refractivity contribution in [1.82, 2.24) is 19.9 Å². The third-order valence-corrected chi connectivity index (χ3v) is 5.09. The monoisotopic (exact) mass is 388 g/mol. The predicted octanol–water partition coefficient (Wildman–Crippen LogP) is 4.37. The lowest BCUT2D eigenvalue weighted by Gasteiger charge is -2.23. The molecule has 1 unspecified atom stereocenters. The Morgan fingerprint density at radius 3 is 2.90 bits per heavy atom. The summed E-state index contributed by atoms with van der Waals surface area (Å²) in [7, 11) is 0. The van der Waals surface area contributed by atoms with Crippen LogP contribution >= 0.6 is 0 Å². The zero-order valence-electron chi connectivity index (χ0n) is 16.5. The first-order chi connectivity index (χ1) is 14.2. The van der Waals surface area contributed by atoms with E-state index >= 15 is 0 Å². The molecular formula is C22H24N6O. The molecule has 0 bridgehead atoms. The van der Waals surface area contributed by atoms with Crippen molar-refractivity contribution >= 4 is 11.6 Å². The van der Waals surface area contributed by atoms with Gasteiger partial charge in [-0.15, -0.1) is 0 Å². The van der Waals surface area contributed by atoms with Crippen LogP contribution in [0.25, 0.3) is 0 Å². The zero-order chi connectivity index (χ0) is 20.1. The number of nitrogens with zero attached hydrogens (tertiary/aromatic N) is 5. The molecule has 4 rings (SSSR count). The number of furan rings is 1. The van der Waals surface area contributed by atoms with Crippen LogP contribution < -0.4 is 5.32 Å². The highest BCUT2D eigenvalue weighted by Crippen LogP contribution is 2.32. The Morgan fingerprint density at radius 1 is 1.21 bits per heavy atom. The minimum Gasteiger partial charge on any atom is -0.465 e. The van der Waals surface area contributed by atoms with Crippen LogP contribution in [0.4, 0.5) is 11.6 Å². The molecule has 1 fully saturated rings. The average molecular weight is 388 g/mol. The Hall–Kier alpha value is -3.24. The van der Waals surface area contributed by atoms with Gasteiger partial charge >= 0.3 is 0 Å². The van der Waals surface area contributed by atoms with Gasteiger partial charge in [0, 0.05) is 12.6 Å². The molecule has 1 aliphatic heterocycles. The summed E-state index contributed by atoms with van der Waals surface area (Å²) in [6.45, 7) is 3.98. The summed E-state index contributed by atoms with van der Waals surface area (Å²) in [5.74, 6) is 2.60. The molecule has 29 heavy (non-hydrogen) atoms. The second kappa shape index (κ2) is 8.84. The Kier molecular flexibility index (Phi) is 5.82. The molecule has 7 heteroatoms. The van der Waals surface area contributed by atoms with E-state index in [1.807, 2.05) is 12.1 Å². The van der Waals surface area contributed by atoms with E-state index in [1.54, 1.807) is 24.5 Å². The molecule has 0 radical (unpaired) electrons. The minimum absolute atomic E-state index is 0.248. The zero-order valence-corrected chi connectivity index (χ0v) is 16.5. The Balaban J connectivity index is 1.46. The molecule has 1 atom stereocenters. The van der Waals surface area contributed by atoms with Gasteiger partial charge in [-0.2, -0.15) is 5.26 Å². The number of rotatable bonds is 7. The molecule has 3 aromatic heterocycles. The predicted molar refractivity (Wildman–Crippen MR) is 109 cm³/mol. The lowest BCUT2D eigenvalue weighted by molar-refractivity contribution is 0.222. The number of aryl methyl sites for hydroxylation is 1. The van der Waals surface area contributed by atoms with Gasteiger partial charge in [-0.05, 0) is 56.1 Å². The molecule has 148 valence electrons. The first-order valence-electron chi connectivity index (χ1n) is 10.0. The van der Waals surface area contributed by atoms with Gasteiger partial charge < -0.3 is 9.73 Å². The summed E-state index contributed by atoms with van der Waals surface area (Å²) in [5.41, 5.74) is 2.14. The van der Waals surface area contributed by atoms with Crippen molar-refractivity contribution in [3.8, 4) is 6.07 Å². The van der Waals surface area contributed by atoms with E-state index in [4.69, 9.17) is 14.7 Å².